The van der Waals surface area contributed by atoms with Crippen molar-refractivity contribution >= 4 is 5.91 Å². The van der Waals surface area contributed by atoms with Crippen LogP contribution >= 0.6 is 0 Å². The van der Waals surface area contributed by atoms with Gasteiger partial charge in [0.05, 0.1) is 13.2 Å². The topological polar surface area (TPSA) is 73.6 Å². The number of hydrogen-bond donors (Lipinski definition) is 2. The van der Waals surface area contributed by atoms with Crippen LogP contribution in [0, 0.1) is 11.8 Å². The van der Waals surface area contributed by atoms with E-state index < -0.39 is 0 Å². The molecule has 2 aliphatic rings. The fraction of sp³-hybridized carbons (Fsp3) is 0.933. The first-order chi connectivity index (χ1) is 9.70. The normalized spacial score (nSPS) is 32.9. The first kappa shape index (κ1) is 15.7. The third kappa shape index (κ3) is 4.43. The van der Waals surface area contributed by atoms with Gasteiger partial charge < -0.3 is 20.5 Å². The van der Waals surface area contributed by atoms with E-state index in [1.165, 1.54) is 19.3 Å². The Morgan fingerprint density at radius 3 is 2.50 bits per heavy atom. The summed E-state index contributed by atoms with van der Waals surface area (Å²) in [5.41, 5.74) is 6.09. The fourth-order valence-electron chi connectivity index (χ4n) is 3.68. The Kier molecular flexibility index (Phi) is 6.26. The van der Waals surface area contributed by atoms with Crippen molar-refractivity contribution in [2.45, 2.75) is 51.1 Å². The minimum Gasteiger partial charge on any atom is -0.379 e. The van der Waals surface area contributed by atoms with Crippen LogP contribution in [0.3, 0.4) is 0 Å². The summed E-state index contributed by atoms with van der Waals surface area (Å²) >= 11 is 0. The highest BCUT2D eigenvalue weighted by Gasteiger charge is 2.39. The average molecular weight is 284 g/mol. The summed E-state index contributed by atoms with van der Waals surface area (Å²) in [6.45, 7) is 3.78. The van der Waals surface area contributed by atoms with E-state index >= 15 is 0 Å². The van der Waals surface area contributed by atoms with Crippen LogP contribution in [0.1, 0.15) is 39.0 Å². The number of amides is 1. The maximum absolute atomic E-state index is 11.9. The van der Waals surface area contributed by atoms with Gasteiger partial charge in [-0.1, -0.05) is 6.42 Å². The smallest absolute Gasteiger partial charge is 0.246 e. The summed E-state index contributed by atoms with van der Waals surface area (Å²) in [7, 11) is 0. The van der Waals surface area contributed by atoms with Crippen molar-refractivity contribution in [3.8, 4) is 0 Å². The molecule has 0 aromatic rings. The summed E-state index contributed by atoms with van der Waals surface area (Å²) in [6, 6.07) is 0.632. The summed E-state index contributed by atoms with van der Waals surface area (Å²) in [5, 5.41) is 3.17. The van der Waals surface area contributed by atoms with Gasteiger partial charge in [0.15, 0.2) is 0 Å². The van der Waals surface area contributed by atoms with Gasteiger partial charge in [-0.3, -0.25) is 4.79 Å². The Balaban J connectivity index is 1.70. The van der Waals surface area contributed by atoms with E-state index in [1.54, 1.807) is 0 Å². The Morgan fingerprint density at radius 1 is 1.20 bits per heavy atom. The predicted octanol–water partition coefficient (Wildman–Crippen LogP) is 1.06. The molecule has 0 saturated heterocycles. The van der Waals surface area contributed by atoms with Crippen molar-refractivity contribution in [1.29, 1.82) is 0 Å². The van der Waals surface area contributed by atoms with Gasteiger partial charge in [0.2, 0.25) is 5.91 Å². The van der Waals surface area contributed by atoms with E-state index in [0.29, 0.717) is 43.7 Å². The number of fused-ring (bicyclic) bond motifs is 2. The van der Waals surface area contributed by atoms with Gasteiger partial charge in [-0.2, -0.15) is 0 Å². The molecule has 0 heterocycles. The lowest BCUT2D eigenvalue weighted by Crippen LogP contribution is -2.54. The summed E-state index contributed by atoms with van der Waals surface area (Å²) in [5.74, 6) is 1.12. The van der Waals surface area contributed by atoms with Gasteiger partial charge in [0.1, 0.15) is 6.61 Å². The van der Waals surface area contributed by atoms with Gasteiger partial charge in [-0.15, -0.1) is 0 Å². The number of nitrogens with two attached hydrogens (primary N) is 1. The van der Waals surface area contributed by atoms with Crippen molar-refractivity contribution in [3.05, 3.63) is 0 Å². The lowest BCUT2D eigenvalue weighted by atomic mass is 9.67. The molecular formula is C15H28N2O3. The third-order valence-electron chi connectivity index (χ3n) is 4.51. The summed E-state index contributed by atoms with van der Waals surface area (Å²) < 4.78 is 10.5. The second-order valence-electron chi connectivity index (χ2n) is 6.03. The minimum absolute atomic E-state index is 0.00105. The first-order valence-electron chi connectivity index (χ1n) is 7.91. The van der Waals surface area contributed by atoms with E-state index in [0.717, 1.165) is 12.8 Å². The molecule has 2 unspecified atom stereocenters. The van der Waals surface area contributed by atoms with Crippen LogP contribution < -0.4 is 11.1 Å². The zero-order valence-electron chi connectivity index (χ0n) is 12.5. The first-order valence-corrected chi connectivity index (χ1v) is 7.91. The highest BCUT2D eigenvalue weighted by molar-refractivity contribution is 5.77. The number of rotatable bonds is 7. The molecule has 2 atom stereocenters. The van der Waals surface area contributed by atoms with Crippen LogP contribution in [0.5, 0.6) is 0 Å². The highest BCUT2D eigenvalue weighted by atomic mass is 16.5. The lowest BCUT2D eigenvalue weighted by Gasteiger charge is -2.45. The number of carbonyl (C=O) groups excluding carboxylic acids is 1. The number of ether oxygens (including phenoxy) is 2. The van der Waals surface area contributed by atoms with Crippen molar-refractivity contribution in [2.24, 2.45) is 17.6 Å². The third-order valence-corrected chi connectivity index (χ3v) is 4.51. The molecule has 3 N–H and O–H groups in total. The molecule has 5 heteroatoms. The van der Waals surface area contributed by atoms with Crippen LogP contribution in [0.25, 0.3) is 0 Å². The maximum Gasteiger partial charge on any atom is 0.246 e. The number of carbonyl (C=O) groups is 1. The van der Waals surface area contributed by atoms with E-state index in [4.69, 9.17) is 15.2 Å². The molecule has 20 heavy (non-hydrogen) atoms. The molecule has 116 valence electrons. The molecule has 1 amide bonds. The Bertz CT molecular complexity index is 297. The van der Waals surface area contributed by atoms with E-state index in [9.17, 15) is 4.79 Å². The summed E-state index contributed by atoms with van der Waals surface area (Å²) in [6.07, 6.45) is 5.76. The largest absolute Gasteiger partial charge is 0.379 e. The molecule has 2 rings (SSSR count). The monoisotopic (exact) mass is 284 g/mol. The van der Waals surface area contributed by atoms with Crippen LogP contribution in [-0.2, 0) is 14.3 Å². The van der Waals surface area contributed by atoms with Crippen LogP contribution in [0.4, 0.5) is 0 Å². The van der Waals surface area contributed by atoms with Gasteiger partial charge in [0.25, 0.3) is 0 Å². The van der Waals surface area contributed by atoms with Gasteiger partial charge in [-0.05, 0) is 44.4 Å². The lowest BCUT2D eigenvalue weighted by molar-refractivity contribution is -0.128. The van der Waals surface area contributed by atoms with Crippen LogP contribution in [0.15, 0.2) is 0 Å². The van der Waals surface area contributed by atoms with Gasteiger partial charge in [-0.25, -0.2) is 0 Å². The molecular weight excluding hydrogens is 256 g/mol. The Hall–Kier alpha value is -0.650. The molecule has 0 aromatic heterocycles. The van der Waals surface area contributed by atoms with Crippen LogP contribution in [0.2, 0.25) is 0 Å². The standard InChI is InChI=1S/C15H28N2O3/c1-2-19-6-7-20-10-14(18)17-15-11-4-3-5-12(15)9-13(16)8-11/h11-13,15H,2-10,16H2,1H3,(H,17,18). The number of hydrogen-bond acceptors (Lipinski definition) is 4. The number of nitrogens with one attached hydrogen (secondary N) is 1. The highest BCUT2D eigenvalue weighted by Crippen LogP contribution is 2.39. The van der Waals surface area contributed by atoms with E-state index in [-0.39, 0.29) is 12.5 Å². The summed E-state index contributed by atoms with van der Waals surface area (Å²) in [4.78, 5) is 11.9. The fourth-order valence-corrected chi connectivity index (χ4v) is 3.68. The second kappa shape index (κ2) is 7.96. The zero-order valence-corrected chi connectivity index (χ0v) is 12.5. The molecule has 5 nitrogen and oxygen atoms in total. The molecule has 0 radical (unpaired) electrons. The predicted molar refractivity (Wildman–Crippen MR) is 77.3 cm³/mol. The van der Waals surface area contributed by atoms with Gasteiger partial charge >= 0.3 is 0 Å². The molecule has 2 fully saturated rings. The Labute approximate surface area is 121 Å². The van der Waals surface area contributed by atoms with Crippen molar-refractivity contribution in [3.63, 3.8) is 0 Å². The van der Waals surface area contributed by atoms with Crippen molar-refractivity contribution in [2.75, 3.05) is 26.4 Å². The zero-order chi connectivity index (χ0) is 14.4. The molecule has 0 spiro atoms. The second-order valence-corrected chi connectivity index (χ2v) is 6.03. The van der Waals surface area contributed by atoms with Crippen molar-refractivity contribution < 1.29 is 14.3 Å². The Morgan fingerprint density at radius 2 is 1.85 bits per heavy atom. The molecule has 2 saturated carbocycles. The average Bonchev–Trinajstić information content (AvgIpc) is 2.39. The van der Waals surface area contributed by atoms with Crippen molar-refractivity contribution in [1.82, 2.24) is 5.32 Å². The van der Waals surface area contributed by atoms with Crippen LogP contribution in [-0.4, -0.2) is 44.4 Å². The molecule has 2 bridgehead atoms. The molecule has 2 aliphatic carbocycles. The SMILES string of the molecule is CCOCCOCC(=O)NC1C2CCCC1CC(N)C2. The van der Waals surface area contributed by atoms with Gasteiger partial charge in [0, 0.05) is 18.7 Å². The van der Waals surface area contributed by atoms with E-state index in [1.807, 2.05) is 6.92 Å². The minimum atomic E-state index is -0.00105. The molecule has 0 aliphatic heterocycles. The van der Waals surface area contributed by atoms with E-state index in [2.05, 4.69) is 5.32 Å². The quantitative estimate of drug-likeness (QED) is 0.686. The maximum atomic E-state index is 11.9. The molecule has 0 aromatic carbocycles.